The van der Waals surface area contributed by atoms with Crippen LogP contribution in [0.1, 0.15) is 37.1 Å². The number of thiazole rings is 1. The number of amides is 1. The minimum Gasteiger partial charge on any atom is -0.352 e. The molecule has 4 rings (SSSR count). The van der Waals surface area contributed by atoms with Crippen molar-refractivity contribution < 1.29 is 4.79 Å². The highest BCUT2D eigenvalue weighted by Gasteiger charge is 2.20. The van der Waals surface area contributed by atoms with E-state index in [9.17, 15) is 9.59 Å². The summed E-state index contributed by atoms with van der Waals surface area (Å²) in [6.45, 7) is 1.75. The second kappa shape index (κ2) is 8.01. The van der Waals surface area contributed by atoms with Crippen LogP contribution in [0.5, 0.6) is 0 Å². The van der Waals surface area contributed by atoms with Crippen LogP contribution in [0.2, 0.25) is 5.02 Å². The molecule has 1 fully saturated rings. The maximum absolute atomic E-state index is 12.9. The zero-order valence-corrected chi connectivity index (χ0v) is 17.1. The summed E-state index contributed by atoms with van der Waals surface area (Å²) in [4.78, 5) is 29.8. The number of aryl methyl sites for hydroxylation is 1. The van der Waals surface area contributed by atoms with Crippen LogP contribution < -0.4 is 10.9 Å². The third-order valence-corrected chi connectivity index (χ3v) is 6.22. The lowest BCUT2D eigenvalue weighted by molar-refractivity contribution is -0.122. The Morgan fingerprint density at radius 3 is 2.68 bits per heavy atom. The summed E-state index contributed by atoms with van der Waals surface area (Å²) < 4.78 is 1.96. The Labute approximate surface area is 171 Å². The zero-order valence-electron chi connectivity index (χ0n) is 15.6. The molecule has 8 heteroatoms. The van der Waals surface area contributed by atoms with Gasteiger partial charge in [0.15, 0.2) is 5.52 Å². The number of aromatic nitrogens is 3. The number of nitrogens with one attached hydrogen (secondary N) is 1. The van der Waals surface area contributed by atoms with Gasteiger partial charge in [0.05, 0.1) is 9.71 Å². The van der Waals surface area contributed by atoms with E-state index in [0.717, 1.165) is 41.0 Å². The zero-order chi connectivity index (χ0) is 19.7. The molecule has 0 saturated heterocycles. The molecule has 2 heterocycles. The van der Waals surface area contributed by atoms with Crippen LogP contribution in [0.3, 0.4) is 0 Å². The molecule has 146 valence electrons. The van der Waals surface area contributed by atoms with Crippen LogP contribution in [-0.2, 0) is 11.3 Å². The molecule has 1 aliphatic rings. The monoisotopic (exact) mass is 416 g/mol. The standard InChI is InChI=1S/C20H21ClN4O2S/c1-12-22-18-19(28-12)17(13-7-9-14(21)10-8-13)24-25(20(18)27)11-16(26)23-15-5-3-2-4-6-15/h7-10,15H,2-6,11H2,1H3,(H,23,26). The van der Waals surface area contributed by atoms with Crippen LogP contribution in [0.25, 0.3) is 21.5 Å². The molecule has 0 aliphatic heterocycles. The van der Waals surface area contributed by atoms with E-state index < -0.39 is 0 Å². The molecule has 1 amide bonds. The quantitative estimate of drug-likeness (QED) is 0.699. The van der Waals surface area contributed by atoms with Gasteiger partial charge in [0, 0.05) is 16.6 Å². The molecule has 0 unspecified atom stereocenters. The second-order valence-electron chi connectivity index (χ2n) is 7.13. The summed E-state index contributed by atoms with van der Waals surface area (Å²) in [6, 6.07) is 7.47. The summed E-state index contributed by atoms with van der Waals surface area (Å²) in [7, 11) is 0. The predicted octanol–water partition coefficient (Wildman–Crippen LogP) is 3.93. The normalized spacial score (nSPS) is 15.1. The van der Waals surface area contributed by atoms with E-state index in [1.807, 2.05) is 19.1 Å². The highest BCUT2D eigenvalue weighted by molar-refractivity contribution is 7.19. The molecule has 0 bridgehead atoms. The summed E-state index contributed by atoms with van der Waals surface area (Å²) >= 11 is 7.43. The third-order valence-electron chi connectivity index (χ3n) is 4.99. The smallest absolute Gasteiger partial charge is 0.294 e. The number of benzene rings is 1. The average Bonchev–Trinajstić information content (AvgIpc) is 3.07. The minimum absolute atomic E-state index is 0.109. The predicted molar refractivity (Wildman–Crippen MR) is 112 cm³/mol. The number of carbonyl (C=O) groups excluding carboxylic acids is 1. The fraction of sp³-hybridized carbons (Fsp3) is 0.400. The van der Waals surface area contributed by atoms with Gasteiger partial charge >= 0.3 is 0 Å². The van der Waals surface area contributed by atoms with Gasteiger partial charge in [0.2, 0.25) is 5.91 Å². The fourth-order valence-electron chi connectivity index (χ4n) is 3.63. The molecule has 3 aromatic rings. The van der Waals surface area contributed by atoms with Crippen molar-refractivity contribution >= 4 is 39.1 Å². The van der Waals surface area contributed by atoms with Gasteiger partial charge in [-0.1, -0.05) is 43.0 Å². The maximum atomic E-state index is 12.9. The summed E-state index contributed by atoms with van der Waals surface area (Å²) in [5, 5.41) is 8.97. The molecule has 1 aromatic carbocycles. The van der Waals surface area contributed by atoms with Crippen molar-refractivity contribution in [3.8, 4) is 11.3 Å². The Balaban J connectivity index is 1.70. The first-order chi connectivity index (χ1) is 13.5. The first-order valence-corrected chi connectivity index (χ1v) is 10.6. The fourth-order valence-corrected chi connectivity index (χ4v) is 4.67. The molecule has 28 heavy (non-hydrogen) atoms. The minimum atomic E-state index is -0.337. The van der Waals surface area contributed by atoms with Gasteiger partial charge in [0.25, 0.3) is 5.56 Å². The first kappa shape index (κ1) is 19.1. The molecule has 0 spiro atoms. The highest BCUT2D eigenvalue weighted by Crippen LogP contribution is 2.30. The summed E-state index contributed by atoms with van der Waals surface area (Å²) in [5.74, 6) is -0.185. The van der Waals surface area contributed by atoms with E-state index in [2.05, 4.69) is 15.4 Å². The largest absolute Gasteiger partial charge is 0.352 e. The second-order valence-corrected chi connectivity index (χ2v) is 8.77. The summed E-state index contributed by atoms with van der Waals surface area (Å²) in [5.41, 5.74) is 1.49. The number of hydrogen-bond donors (Lipinski definition) is 1. The molecule has 1 saturated carbocycles. The Hall–Kier alpha value is -2.25. The lowest BCUT2D eigenvalue weighted by Gasteiger charge is -2.22. The Morgan fingerprint density at radius 2 is 1.96 bits per heavy atom. The highest BCUT2D eigenvalue weighted by atomic mass is 35.5. The third kappa shape index (κ3) is 3.95. The van der Waals surface area contributed by atoms with E-state index in [1.165, 1.54) is 22.4 Å². The van der Waals surface area contributed by atoms with Crippen molar-refractivity contribution in [2.24, 2.45) is 0 Å². The maximum Gasteiger partial charge on any atom is 0.294 e. The Bertz CT molecular complexity index is 1070. The number of halogens is 1. The lowest BCUT2D eigenvalue weighted by atomic mass is 9.95. The van der Waals surface area contributed by atoms with Gasteiger partial charge < -0.3 is 5.32 Å². The number of rotatable bonds is 4. The molecule has 0 radical (unpaired) electrons. The van der Waals surface area contributed by atoms with Crippen LogP contribution >= 0.6 is 22.9 Å². The van der Waals surface area contributed by atoms with Gasteiger partial charge in [0.1, 0.15) is 12.2 Å². The lowest BCUT2D eigenvalue weighted by Crippen LogP contribution is -2.40. The number of carbonyl (C=O) groups is 1. The first-order valence-electron chi connectivity index (χ1n) is 9.45. The van der Waals surface area contributed by atoms with Gasteiger partial charge in [-0.25, -0.2) is 9.67 Å². The molecule has 6 nitrogen and oxygen atoms in total. The van der Waals surface area contributed by atoms with Gasteiger partial charge in [-0.15, -0.1) is 11.3 Å². The molecule has 1 aliphatic carbocycles. The van der Waals surface area contributed by atoms with E-state index in [0.29, 0.717) is 16.2 Å². The van der Waals surface area contributed by atoms with Crippen LogP contribution in [0.15, 0.2) is 29.1 Å². The average molecular weight is 417 g/mol. The van der Waals surface area contributed by atoms with Crippen molar-refractivity contribution in [1.29, 1.82) is 0 Å². The molecule has 1 N–H and O–H groups in total. The van der Waals surface area contributed by atoms with Crippen molar-refractivity contribution in [1.82, 2.24) is 20.1 Å². The van der Waals surface area contributed by atoms with E-state index in [1.54, 1.807) is 12.1 Å². The van der Waals surface area contributed by atoms with E-state index in [4.69, 9.17) is 11.6 Å². The SMILES string of the molecule is Cc1nc2c(=O)n(CC(=O)NC3CCCCC3)nc(-c3ccc(Cl)cc3)c2s1. The van der Waals surface area contributed by atoms with Crippen LogP contribution in [-0.4, -0.2) is 26.7 Å². The topological polar surface area (TPSA) is 76.9 Å². The summed E-state index contributed by atoms with van der Waals surface area (Å²) in [6.07, 6.45) is 5.47. The van der Waals surface area contributed by atoms with Crippen molar-refractivity contribution in [2.45, 2.75) is 51.6 Å². The number of nitrogens with zero attached hydrogens (tertiary/aromatic N) is 3. The molecule has 0 atom stereocenters. The van der Waals surface area contributed by atoms with Crippen LogP contribution in [0, 0.1) is 6.92 Å². The van der Waals surface area contributed by atoms with Crippen molar-refractivity contribution in [3.05, 3.63) is 44.6 Å². The molecular weight excluding hydrogens is 396 g/mol. The van der Waals surface area contributed by atoms with Gasteiger partial charge in [-0.05, 0) is 31.9 Å². The number of hydrogen-bond acceptors (Lipinski definition) is 5. The Morgan fingerprint density at radius 1 is 1.25 bits per heavy atom. The number of fused-ring (bicyclic) bond motifs is 1. The van der Waals surface area contributed by atoms with Crippen LogP contribution in [0.4, 0.5) is 0 Å². The van der Waals surface area contributed by atoms with Gasteiger partial charge in [-0.3, -0.25) is 9.59 Å². The Kier molecular flexibility index (Phi) is 5.46. The molecular formula is C20H21ClN4O2S. The van der Waals surface area contributed by atoms with E-state index >= 15 is 0 Å². The molecule has 2 aromatic heterocycles. The van der Waals surface area contributed by atoms with Crippen molar-refractivity contribution in [3.63, 3.8) is 0 Å². The van der Waals surface area contributed by atoms with Crippen molar-refractivity contribution in [2.75, 3.05) is 0 Å². The van der Waals surface area contributed by atoms with Gasteiger partial charge in [-0.2, -0.15) is 5.10 Å². The van der Waals surface area contributed by atoms with E-state index in [-0.39, 0.29) is 24.1 Å².